The number of carbonyl (C=O) groups is 1. The molecule has 0 spiro atoms. The lowest BCUT2D eigenvalue weighted by Gasteiger charge is -2.26. The van der Waals surface area contributed by atoms with E-state index < -0.39 is 11.5 Å². The first-order valence-corrected chi connectivity index (χ1v) is 12.0. The summed E-state index contributed by atoms with van der Waals surface area (Å²) in [6.45, 7) is 1.87. The van der Waals surface area contributed by atoms with E-state index in [0.29, 0.717) is 18.0 Å². The van der Waals surface area contributed by atoms with Gasteiger partial charge in [0.05, 0.1) is 5.71 Å². The average Bonchev–Trinajstić information content (AvgIpc) is 3.37. The highest BCUT2D eigenvalue weighted by molar-refractivity contribution is 6.13. The van der Waals surface area contributed by atoms with Crippen molar-refractivity contribution in [2.45, 2.75) is 25.3 Å². The molecule has 36 heavy (non-hydrogen) atoms. The van der Waals surface area contributed by atoms with Gasteiger partial charge in [0, 0.05) is 23.1 Å². The zero-order valence-electron chi connectivity index (χ0n) is 20.0. The van der Waals surface area contributed by atoms with E-state index >= 15 is 0 Å². The second-order valence-electron chi connectivity index (χ2n) is 8.74. The molecule has 0 saturated carbocycles. The van der Waals surface area contributed by atoms with Gasteiger partial charge in [-0.25, -0.2) is 9.78 Å². The number of nitrogens with zero attached hydrogens (tertiary/aromatic N) is 2. The van der Waals surface area contributed by atoms with Gasteiger partial charge in [-0.3, -0.25) is 4.99 Å². The highest BCUT2D eigenvalue weighted by atomic mass is 16.4. The zero-order valence-corrected chi connectivity index (χ0v) is 20.0. The predicted molar refractivity (Wildman–Crippen MR) is 142 cm³/mol. The second-order valence-corrected chi connectivity index (χ2v) is 8.74. The van der Waals surface area contributed by atoms with Gasteiger partial charge in [-0.1, -0.05) is 91.9 Å². The Morgan fingerprint density at radius 1 is 0.833 bits per heavy atom. The van der Waals surface area contributed by atoms with Crippen LogP contribution in [0.5, 0.6) is 0 Å². The van der Waals surface area contributed by atoms with Crippen molar-refractivity contribution >= 4 is 22.8 Å². The van der Waals surface area contributed by atoms with E-state index in [1.807, 2.05) is 116 Å². The number of hydrogen-bond donors (Lipinski definition) is 1. The van der Waals surface area contributed by atoms with E-state index in [2.05, 4.69) is 4.98 Å². The van der Waals surface area contributed by atoms with Crippen molar-refractivity contribution in [1.82, 2.24) is 4.98 Å². The summed E-state index contributed by atoms with van der Waals surface area (Å²) in [5, 5.41) is 10.4. The van der Waals surface area contributed by atoms with Crippen molar-refractivity contribution in [1.29, 1.82) is 0 Å². The zero-order chi connectivity index (χ0) is 25.0. The third-order valence-corrected chi connectivity index (χ3v) is 6.39. The molecule has 0 amide bonds. The van der Waals surface area contributed by atoms with Gasteiger partial charge in [0.25, 0.3) is 0 Å². The highest BCUT2D eigenvalue weighted by Gasteiger charge is 2.37. The van der Waals surface area contributed by atoms with Crippen LogP contribution in [0.15, 0.2) is 119 Å². The molecule has 1 N–H and O–H groups in total. The molecule has 0 aliphatic rings. The van der Waals surface area contributed by atoms with Crippen LogP contribution in [0.2, 0.25) is 0 Å². The Labute approximate surface area is 209 Å². The Balaban J connectivity index is 1.51. The quantitative estimate of drug-likeness (QED) is 0.251. The molecule has 1 heterocycles. The maximum absolute atomic E-state index is 12.7. The summed E-state index contributed by atoms with van der Waals surface area (Å²) < 4.78 is 5.88. The normalized spacial score (nSPS) is 12.7. The smallest absolute Gasteiger partial charge is 0.331 e. The molecule has 178 valence electrons. The number of carboxylic acids is 1. The van der Waals surface area contributed by atoms with Crippen molar-refractivity contribution in [3.8, 4) is 11.5 Å². The molecule has 0 saturated heterocycles. The van der Waals surface area contributed by atoms with Gasteiger partial charge in [-0.2, -0.15) is 0 Å². The van der Waals surface area contributed by atoms with Crippen molar-refractivity contribution in [2.24, 2.45) is 4.99 Å². The van der Waals surface area contributed by atoms with Crippen LogP contribution in [-0.2, 0) is 11.2 Å². The standard InChI is InChI=1S/C31H26N2O3/c1-2-31(30(34)35,33-28(23-11-5-3-6-12-23)24-13-7-4-8-14-24)21-22-17-19-25(20-18-22)29-32-26-15-9-10-16-27(26)36-29/h3-20H,2,21H2,1H3,(H,34,35). The van der Waals surface area contributed by atoms with Gasteiger partial charge in [-0.05, 0) is 36.2 Å². The minimum Gasteiger partial charge on any atom is -0.479 e. The molecule has 1 atom stereocenters. The van der Waals surface area contributed by atoms with Crippen LogP contribution in [0, 0.1) is 0 Å². The Kier molecular flexibility index (Phi) is 6.46. The summed E-state index contributed by atoms with van der Waals surface area (Å²) in [5.41, 5.74) is 4.37. The van der Waals surface area contributed by atoms with E-state index in [1.165, 1.54) is 0 Å². The summed E-state index contributed by atoms with van der Waals surface area (Å²) in [7, 11) is 0. The topological polar surface area (TPSA) is 75.7 Å². The number of benzene rings is 4. The number of aromatic nitrogens is 1. The Morgan fingerprint density at radius 2 is 1.42 bits per heavy atom. The lowest BCUT2D eigenvalue weighted by Crippen LogP contribution is -2.39. The van der Waals surface area contributed by atoms with Gasteiger partial charge in [0.1, 0.15) is 5.52 Å². The van der Waals surface area contributed by atoms with Crippen LogP contribution >= 0.6 is 0 Å². The van der Waals surface area contributed by atoms with Crippen molar-refractivity contribution < 1.29 is 14.3 Å². The number of carboxylic acid groups (broad SMARTS) is 1. The Hall–Kier alpha value is -4.51. The maximum Gasteiger partial charge on any atom is 0.331 e. The van der Waals surface area contributed by atoms with Crippen molar-refractivity contribution in [2.75, 3.05) is 0 Å². The summed E-state index contributed by atoms with van der Waals surface area (Å²) in [5.74, 6) is -0.409. The lowest BCUT2D eigenvalue weighted by atomic mass is 9.87. The fraction of sp³-hybridized carbons (Fsp3) is 0.129. The maximum atomic E-state index is 12.7. The Bertz CT molecular complexity index is 1430. The van der Waals surface area contributed by atoms with Gasteiger partial charge < -0.3 is 9.52 Å². The van der Waals surface area contributed by atoms with Crippen molar-refractivity contribution in [3.63, 3.8) is 0 Å². The summed E-state index contributed by atoms with van der Waals surface area (Å²) in [4.78, 5) is 22.2. The molecule has 1 aromatic heterocycles. The fourth-order valence-electron chi connectivity index (χ4n) is 4.32. The number of fused-ring (bicyclic) bond motifs is 1. The lowest BCUT2D eigenvalue weighted by molar-refractivity contribution is -0.143. The molecule has 1 unspecified atom stereocenters. The largest absolute Gasteiger partial charge is 0.479 e. The Morgan fingerprint density at radius 3 is 1.97 bits per heavy atom. The molecule has 0 fully saturated rings. The summed E-state index contributed by atoms with van der Waals surface area (Å²) in [6, 6.07) is 34.8. The molecule has 0 bridgehead atoms. The molecule has 5 nitrogen and oxygen atoms in total. The van der Waals surface area contributed by atoms with Crippen LogP contribution in [0.1, 0.15) is 30.0 Å². The van der Waals surface area contributed by atoms with Gasteiger partial charge in [0.15, 0.2) is 11.1 Å². The predicted octanol–water partition coefficient (Wildman–Crippen LogP) is 6.81. The number of para-hydroxylation sites is 2. The van der Waals surface area contributed by atoms with E-state index in [0.717, 1.165) is 33.4 Å². The first kappa shape index (κ1) is 23.2. The number of aliphatic carboxylic acids is 1. The van der Waals surface area contributed by atoms with Crippen LogP contribution in [0.25, 0.3) is 22.6 Å². The number of rotatable bonds is 8. The molecule has 0 aliphatic heterocycles. The average molecular weight is 475 g/mol. The minimum atomic E-state index is -1.32. The van der Waals surface area contributed by atoms with E-state index in [1.54, 1.807) is 0 Å². The first-order valence-electron chi connectivity index (χ1n) is 12.0. The SMILES string of the molecule is CCC(Cc1ccc(-c2nc3ccccc3o2)cc1)(N=C(c1ccccc1)c1ccccc1)C(=O)O. The van der Waals surface area contributed by atoms with E-state index in [9.17, 15) is 9.90 Å². The number of oxazole rings is 1. The third-order valence-electron chi connectivity index (χ3n) is 6.39. The molecule has 0 radical (unpaired) electrons. The molecular formula is C31H26N2O3. The van der Waals surface area contributed by atoms with Crippen LogP contribution in [-0.4, -0.2) is 27.3 Å². The highest BCUT2D eigenvalue weighted by Crippen LogP contribution is 2.28. The fourth-order valence-corrected chi connectivity index (χ4v) is 4.32. The van der Waals surface area contributed by atoms with Gasteiger partial charge in [-0.15, -0.1) is 0 Å². The van der Waals surface area contributed by atoms with Gasteiger partial charge in [0.2, 0.25) is 5.89 Å². The molecule has 4 aromatic carbocycles. The second kappa shape index (κ2) is 10.0. The summed E-state index contributed by atoms with van der Waals surface area (Å²) in [6.07, 6.45) is 0.605. The van der Waals surface area contributed by atoms with Crippen LogP contribution in [0.3, 0.4) is 0 Å². The summed E-state index contributed by atoms with van der Waals surface area (Å²) >= 11 is 0. The third kappa shape index (κ3) is 4.68. The molecule has 5 rings (SSSR count). The van der Waals surface area contributed by atoms with E-state index in [-0.39, 0.29) is 6.42 Å². The van der Waals surface area contributed by atoms with Gasteiger partial charge >= 0.3 is 5.97 Å². The molecule has 0 aliphatic carbocycles. The minimum absolute atomic E-state index is 0.260. The molecule has 5 heteroatoms. The van der Waals surface area contributed by atoms with E-state index in [4.69, 9.17) is 9.41 Å². The monoisotopic (exact) mass is 474 g/mol. The molecule has 5 aromatic rings. The van der Waals surface area contributed by atoms with Crippen molar-refractivity contribution in [3.05, 3.63) is 126 Å². The number of hydrogen-bond acceptors (Lipinski definition) is 4. The van der Waals surface area contributed by atoms with Crippen LogP contribution in [0.4, 0.5) is 0 Å². The van der Waals surface area contributed by atoms with Crippen LogP contribution < -0.4 is 0 Å². The number of aliphatic imine (C=N–C) groups is 1. The first-order chi connectivity index (χ1) is 17.6. The molecular weight excluding hydrogens is 448 g/mol.